The van der Waals surface area contributed by atoms with E-state index in [1.807, 2.05) is 6.07 Å². The number of hydrogen-bond donors (Lipinski definition) is 1. The van der Waals surface area contributed by atoms with Gasteiger partial charge in [-0.15, -0.1) is 0 Å². The van der Waals surface area contributed by atoms with Crippen LogP contribution in [-0.2, 0) is 0 Å². The molecule has 1 aliphatic rings. The summed E-state index contributed by atoms with van der Waals surface area (Å²) < 4.78 is 18.5. The van der Waals surface area contributed by atoms with Crippen LogP contribution in [0.5, 0.6) is 5.75 Å². The van der Waals surface area contributed by atoms with E-state index < -0.39 is 0 Å². The summed E-state index contributed by atoms with van der Waals surface area (Å²) in [6.45, 7) is 6.76. The summed E-state index contributed by atoms with van der Waals surface area (Å²) in [5.41, 5.74) is 1.08. The summed E-state index contributed by atoms with van der Waals surface area (Å²) in [6, 6.07) is 5.90. The van der Waals surface area contributed by atoms with E-state index in [1.165, 1.54) is 32.4 Å². The Balaban J connectivity index is 2.03. The fourth-order valence-electron chi connectivity index (χ4n) is 3.42. The third-order valence-electron chi connectivity index (χ3n) is 4.89. The van der Waals surface area contributed by atoms with Crippen LogP contribution in [0.15, 0.2) is 18.2 Å². The van der Waals surface area contributed by atoms with Crippen molar-refractivity contribution < 1.29 is 9.13 Å². The van der Waals surface area contributed by atoms with Crippen LogP contribution < -0.4 is 10.1 Å². The molecule has 3 heteroatoms. The van der Waals surface area contributed by atoms with Crippen LogP contribution >= 0.6 is 0 Å². The van der Waals surface area contributed by atoms with E-state index in [2.05, 4.69) is 26.1 Å². The first kappa shape index (κ1) is 15.3. The van der Waals surface area contributed by atoms with Crippen LogP contribution in [0.2, 0.25) is 0 Å². The van der Waals surface area contributed by atoms with Gasteiger partial charge in [-0.1, -0.05) is 26.3 Å². The average Bonchev–Trinajstić information content (AvgIpc) is 2.80. The molecule has 0 aromatic heterocycles. The van der Waals surface area contributed by atoms with E-state index in [0.29, 0.717) is 17.7 Å². The Hall–Kier alpha value is -1.09. The first-order valence-corrected chi connectivity index (χ1v) is 7.66. The number of nitrogens with one attached hydrogen (secondary N) is 1. The Morgan fingerprint density at radius 3 is 2.75 bits per heavy atom. The molecule has 0 radical (unpaired) electrons. The molecule has 0 spiro atoms. The Kier molecular flexibility index (Phi) is 5.03. The van der Waals surface area contributed by atoms with Gasteiger partial charge in [0.05, 0.1) is 7.11 Å². The van der Waals surface area contributed by atoms with Crippen molar-refractivity contribution in [2.24, 2.45) is 11.8 Å². The van der Waals surface area contributed by atoms with Crippen LogP contribution in [0, 0.1) is 17.7 Å². The molecule has 0 amide bonds. The summed E-state index contributed by atoms with van der Waals surface area (Å²) in [5, 5.41) is 3.70. The molecule has 112 valence electrons. The molecule has 0 heterocycles. The van der Waals surface area contributed by atoms with Crippen molar-refractivity contribution in [1.29, 1.82) is 0 Å². The van der Waals surface area contributed by atoms with Crippen molar-refractivity contribution in [3.05, 3.63) is 29.6 Å². The van der Waals surface area contributed by atoms with Crippen molar-refractivity contribution in [2.45, 2.75) is 52.1 Å². The van der Waals surface area contributed by atoms with Crippen LogP contribution in [0.1, 0.15) is 51.6 Å². The van der Waals surface area contributed by atoms with E-state index in [9.17, 15) is 4.39 Å². The standard InChI is InChI=1S/C17H26FNO/c1-5-13-7-9-16(11(13)2)19-12(3)14-6-8-15(18)17(10-14)20-4/h6,8,10-13,16,19H,5,7,9H2,1-4H3. The fraction of sp³-hybridized carbons (Fsp3) is 0.647. The van der Waals surface area contributed by atoms with Gasteiger partial charge in [0, 0.05) is 12.1 Å². The first-order chi connectivity index (χ1) is 9.56. The van der Waals surface area contributed by atoms with Crippen molar-refractivity contribution in [2.75, 3.05) is 7.11 Å². The first-order valence-electron chi connectivity index (χ1n) is 7.66. The molecule has 1 aromatic rings. The van der Waals surface area contributed by atoms with Gasteiger partial charge >= 0.3 is 0 Å². The van der Waals surface area contributed by atoms with E-state index in [0.717, 1.165) is 11.5 Å². The van der Waals surface area contributed by atoms with Crippen molar-refractivity contribution >= 4 is 0 Å². The lowest BCUT2D eigenvalue weighted by atomic mass is 9.93. The summed E-state index contributed by atoms with van der Waals surface area (Å²) >= 11 is 0. The minimum Gasteiger partial charge on any atom is -0.494 e. The summed E-state index contributed by atoms with van der Waals surface area (Å²) in [4.78, 5) is 0. The lowest BCUT2D eigenvalue weighted by Crippen LogP contribution is -2.34. The Labute approximate surface area is 121 Å². The number of benzene rings is 1. The zero-order valence-electron chi connectivity index (χ0n) is 12.9. The normalized spacial score (nSPS) is 27.6. The molecule has 2 rings (SSSR count). The van der Waals surface area contributed by atoms with Gasteiger partial charge in [-0.2, -0.15) is 0 Å². The predicted molar refractivity (Wildman–Crippen MR) is 80.5 cm³/mol. The topological polar surface area (TPSA) is 21.3 Å². The summed E-state index contributed by atoms with van der Waals surface area (Å²) in [6.07, 6.45) is 3.81. The molecule has 0 saturated heterocycles. The second-order valence-corrected chi connectivity index (χ2v) is 5.99. The largest absolute Gasteiger partial charge is 0.494 e. The number of halogens is 1. The third kappa shape index (κ3) is 3.14. The van der Waals surface area contributed by atoms with Crippen LogP contribution in [0.3, 0.4) is 0 Å². The maximum absolute atomic E-state index is 13.5. The van der Waals surface area contributed by atoms with E-state index in [1.54, 1.807) is 6.07 Å². The Morgan fingerprint density at radius 1 is 1.40 bits per heavy atom. The molecule has 2 nitrogen and oxygen atoms in total. The maximum atomic E-state index is 13.5. The molecular weight excluding hydrogens is 253 g/mol. The monoisotopic (exact) mass is 279 g/mol. The van der Waals surface area contributed by atoms with Gasteiger partial charge in [-0.05, 0) is 49.3 Å². The number of ether oxygens (including phenoxy) is 1. The molecule has 0 aliphatic heterocycles. The van der Waals surface area contributed by atoms with Gasteiger partial charge in [0.25, 0.3) is 0 Å². The second kappa shape index (κ2) is 6.57. The van der Waals surface area contributed by atoms with E-state index in [4.69, 9.17) is 4.74 Å². The predicted octanol–water partition coefficient (Wildman–Crippen LogP) is 4.31. The molecule has 20 heavy (non-hydrogen) atoms. The summed E-state index contributed by atoms with van der Waals surface area (Å²) in [5.74, 6) is 1.57. The smallest absolute Gasteiger partial charge is 0.165 e. The SMILES string of the molecule is CCC1CCC(NC(C)c2ccc(F)c(OC)c2)C1C. The lowest BCUT2D eigenvalue weighted by molar-refractivity contribution is 0.326. The lowest BCUT2D eigenvalue weighted by Gasteiger charge is -2.25. The van der Waals surface area contributed by atoms with Crippen LogP contribution in [0.25, 0.3) is 0 Å². The molecule has 1 saturated carbocycles. The molecule has 4 atom stereocenters. The number of hydrogen-bond acceptors (Lipinski definition) is 2. The maximum Gasteiger partial charge on any atom is 0.165 e. The molecule has 1 aliphatic carbocycles. The molecule has 1 fully saturated rings. The highest BCUT2D eigenvalue weighted by molar-refractivity contribution is 5.32. The number of methoxy groups -OCH3 is 1. The van der Waals surface area contributed by atoms with Crippen LogP contribution in [-0.4, -0.2) is 13.2 Å². The minimum atomic E-state index is -0.302. The van der Waals surface area contributed by atoms with Crippen molar-refractivity contribution in [3.8, 4) is 5.75 Å². The van der Waals surface area contributed by atoms with Gasteiger partial charge in [0.2, 0.25) is 0 Å². The molecular formula is C17H26FNO. The third-order valence-corrected chi connectivity index (χ3v) is 4.89. The molecule has 4 unspecified atom stereocenters. The Bertz CT molecular complexity index is 449. The highest BCUT2D eigenvalue weighted by Gasteiger charge is 2.32. The zero-order valence-corrected chi connectivity index (χ0v) is 12.9. The van der Waals surface area contributed by atoms with Gasteiger partial charge < -0.3 is 10.1 Å². The fourth-order valence-corrected chi connectivity index (χ4v) is 3.42. The van der Waals surface area contributed by atoms with Gasteiger partial charge in [0.15, 0.2) is 11.6 Å². The number of rotatable bonds is 5. The minimum absolute atomic E-state index is 0.215. The van der Waals surface area contributed by atoms with Crippen LogP contribution in [0.4, 0.5) is 4.39 Å². The van der Waals surface area contributed by atoms with E-state index >= 15 is 0 Å². The zero-order chi connectivity index (χ0) is 14.7. The van der Waals surface area contributed by atoms with E-state index in [-0.39, 0.29) is 11.9 Å². The van der Waals surface area contributed by atoms with Gasteiger partial charge in [-0.3, -0.25) is 0 Å². The second-order valence-electron chi connectivity index (χ2n) is 5.99. The molecule has 1 aromatic carbocycles. The average molecular weight is 279 g/mol. The highest BCUT2D eigenvalue weighted by Crippen LogP contribution is 2.35. The molecule has 0 bridgehead atoms. The van der Waals surface area contributed by atoms with Crippen molar-refractivity contribution in [3.63, 3.8) is 0 Å². The van der Waals surface area contributed by atoms with Gasteiger partial charge in [0.1, 0.15) is 0 Å². The quantitative estimate of drug-likeness (QED) is 0.867. The molecule has 1 N–H and O–H groups in total. The Morgan fingerprint density at radius 2 is 2.15 bits per heavy atom. The summed E-state index contributed by atoms with van der Waals surface area (Å²) in [7, 11) is 1.51. The highest BCUT2D eigenvalue weighted by atomic mass is 19.1. The van der Waals surface area contributed by atoms with Crippen molar-refractivity contribution in [1.82, 2.24) is 5.32 Å². The van der Waals surface area contributed by atoms with Gasteiger partial charge in [-0.25, -0.2) is 4.39 Å².